The van der Waals surface area contributed by atoms with Gasteiger partial charge in [0.2, 0.25) is 0 Å². The van der Waals surface area contributed by atoms with E-state index >= 15 is 0 Å². The SMILES string of the molecule is CC(C)(CN)CNc1ccnn1C1CNC1. The quantitative estimate of drug-likeness (QED) is 0.677. The molecule has 5 heteroatoms. The van der Waals surface area contributed by atoms with Crippen LogP contribution in [0.15, 0.2) is 12.3 Å². The third kappa shape index (κ3) is 2.36. The fourth-order valence-corrected chi connectivity index (χ4v) is 1.59. The zero-order chi connectivity index (χ0) is 11.6. The smallest absolute Gasteiger partial charge is 0.124 e. The van der Waals surface area contributed by atoms with Crippen LogP contribution in [0.4, 0.5) is 5.82 Å². The molecule has 4 N–H and O–H groups in total. The summed E-state index contributed by atoms with van der Waals surface area (Å²) in [6.07, 6.45) is 1.84. The van der Waals surface area contributed by atoms with E-state index in [0.717, 1.165) is 25.5 Å². The van der Waals surface area contributed by atoms with Crippen molar-refractivity contribution in [1.29, 1.82) is 0 Å². The molecule has 1 aromatic rings. The normalized spacial score (nSPS) is 17.2. The van der Waals surface area contributed by atoms with Crippen LogP contribution in [0, 0.1) is 5.41 Å². The van der Waals surface area contributed by atoms with Gasteiger partial charge in [-0.15, -0.1) is 0 Å². The molecule has 1 aliphatic heterocycles. The van der Waals surface area contributed by atoms with Crippen molar-refractivity contribution >= 4 is 5.82 Å². The highest BCUT2D eigenvalue weighted by atomic mass is 15.4. The van der Waals surface area contributed by atoms with Crippen LogP contribution in [0.3, 0.4) is 0 Å². The molecule has 2 heterocycles. The van der Waals surface area contributed by atoms with Gasteiger partial charge in [0.05, 0.1) is 12.2 Å². The van der Waals surface area contributed by atoms with Crippen molar-refractivity contribution in [3.05, 3.63) is 12.3 Å². The van der Waals surface area contributed by atoms with Gasteiger partial charge in [0.15, 0.2) is 0 Å². The Balaban J connectivity index is 1.96. The molecule has 0 aliphatic carbocycles. The van der Waals surface area contributed by atoms with Gasteiger partial charge in [0.1, 0.15) is 5.82 Å². The molecule has 0 unspecified atom stereocenters. The number of nitrogens with two attached hydrogens (primary N) is 1. The van der Waals surface area contributed by atoms with E-state index < -0.39 is 0 Å². The lowest BCUT2D eigenvalue weighted by Gasteiger charge is -2.30. The van der Waals surface area contributed by atoms with E-state index in [1.54, 1.807) is 0 Å². The molecule has 2 rings (SSSR count). The Morgan fingerprint density at radius 3 is 2.94 bits per heavy atom. The average molecular weight is 223 g/mol. The van der Waals surface area contributed by atoms with Crippen LogP contribution in [0.25, 0.3) is 0 Å². The van der Waals surface area contributed by atoms with Gasteiger partial charge in [0.25, 0.3) is 0 Å². The fraction of sp³-hybridized carbons (Fsp3) is 0.727. The number of hydrogen-bond donors (Lipinski definition) is 3. The van der Waals surface area contributed by atoms with Gasteiger partial charge in [0, 0.05) is 25.7 Å². The van der Waals surface area contributed by atoms with Crippen LogP contribution in [0.5, 0.6) is 0 Å². The number of nitrogens with zero attached hydrogens (tertiary/aromatic N) is 2. The molecule has 0 radical (unpaired) electrons. The summed E-state index contributed by atoms with van der Waals surface area (Å²) in [4.78, 5) is 0. The topological polar surface area (TPSA) is 67.9 Å². The molecular weight excluding hydrogens is 202 g/mol. The van der Waals surface area contributed by atoms with Crippen LogP contribution in [-0.4, -0.2) is 36.0 Å². The Bertz CT molecular complexity index is 340. The minimum absolute atomic E-state index is 0.118. The first-order valence-corrected chi connectivity index (χ1v) is 5.80. The first kappa shape index (κ1) is 11.4. The molecule has 16 heavy (non-hydrogen) atoms. The van der Waals surface area contributed by atoms with Crippen molar-refractivity contribution in [2.24, 2.45) is 11.1 Å². The van der Waals surface area contributed by atoms with E-state index in [1.807, 2.05) is 12.3 Å². The highest BCUT2D eigenvalue weighted by molar-refractivity contribution is 5.35. The molecule has 1 fully saturated rings. The molecule has 5 nitrogen and oxygen atoms in total. The summed E-state index contributed by atoms with van der Waals surface area (Å²) in [7, 11) is 0. The standard InChI is InChI=1S/C11H21N5/c1-11(2,7-12)8-14-10-3-4-15-16(10)9-5-13-6-9/h3-4,9,13-14H,5-8,12H2,1-2H3. The van der Waals surface area contributed by atoms with E-state index in [4.69, 9.17) is 5.73 Å². The van der Waals surface area contributed by atoms with Crippen LogP contribution < -0.4 is 16.4 Å². The first-order chi connectivity index (χ1) is 7.62. The van der Waals surface area contributed by atoms with Crippen molar-refractivity contribution in [2.45, 2.75) is 19.9 Å². The first-order valence-electron chi connectivity index (χ1n) is 5.80. The highest BCUT2D eigenvalue weighted by Gasteiger charge is 2.22. The molecule has 1 aromatic heterocycles. The summed E-state index contributed by atoms with van der Waals surface area (Å²) in [6, 6.07) is 2.52. The molecule has 1 saturated heterocycles. The van der Waals surface area contributed by atoms with Crippen molar-refractivity contribution < 1.29 is 0 Å². The summed E-state index contributed by atoms with van der Waals surface area (Å²) in [5.74, 6) is 1.09. The second-order valence-electron chi connectivity index (χ2n) is 5.19. The molecule has 0 bridgehead atoms. The van der Waals surface area contributed by atoms with Gasteiger partial charge in [-0.25, -0.2) is 4.68 Å². The van der Waals surface area contributed by atoms with E-state index in [-0.39, 0.29) is 5.41 Å². The lowest BCUT2D eigenvalue weighted by molar-refractivity contribution is 0.319. The van der Waals surface area contributed by atoms with Gasteiger partial charge in [-0.3, -0.25) is 0 Å². The molecular formula is C11H21N5. The van der Waals surface area contributed by atoms with E-state index in [0.29, 0.717) is 12.6 Å². The monoisotopic (exact) mass is 223 g/mol. The van der Waals surface area contributed by atoms with Crippen molar-refractivity contribution in [1.82, 2.24) is 15.1 Å². The number of hydrogen-bond acceptors (Lipinski definition) is 4. The molecule has 0 amide bonds. The Hall–Kier alpha value is -1.07. The van der Waals surface area contributed by atoms with Crippen LogP contribution >= 0.6 is 0 Å². The molecule has 0 atom stereocenters. The molecule has 0 spiro atoms. The molecule has 1 aliphatic rings. The van der Waals surface area contributed by atoms with Gasteiger partial charge >= 0.3 is 0 Å². The predicted molar refractivity (Wildman–Crippen MR) is 65.5 cm³/mol. The van der Waals surface area contributed by atoms with Crippen LogP contribution in [0.1, 0.15) is 19.9 Å². The van der Waals surface area contributed by atoms with E-state index in [1.165, 1.54) is 0 Å². The van der Waals surface area contributed by atoms with E-state index in [9.17, 15) is 0 Å². The second-order valence-corrected chi connectivity index (χ2v) is 5.19. The highest BCUT2D eigenvalue weighted by Crippen LogP contribution is 2.19. The maximum atomic E-state index is 5.71. The van der Waals surface area contributed by atoms with Gasteiger partial charge < -0.3 is 16.4 Å². The molecule has 0 saturated carbocycles. The van der Waals surface area contributed by atoms with Gasteiger partial charge in [-0.05, 0) is 12.0 Å². The van der Waals surface area contributed by atoms with Crippen LogP contribution in [0.2, 0.25) is 0 Å². The third-order valence-corrected chi connectivity index (χ3v) is 3.08. The maximum Gasteiger partial charge on any atom is 0.124 e. The molecule has 90 valence electrons. The van der Waals surface area contributed by atoms with E-state index in [2.05, 4.69) is 34.3 Å². The summed E-state index contributed by atoms with van der Waals surface area (Å²) in [5, 5.41) is 11.0. The minimum atomic E-state index is 0.118. The number of rotatable bonds is 5. The number of aromatic nitrogens is 2. The average Bonchev–Trinajstić information content (AvgIpc) is 2.61. The lowest BCUT2D eigenvalue weighted by Crippen LogP contribution is -2.44. The maximum absolute atomic E-state index is 5.71. The Kier molecular flexibility index (Phi) is 3.16. The summed E-state index contributed by atoms with van der Waals surface area (Å²) in [6.45, 7) is 7.89. The zero-order valence-electron chi connectivity index (χ0n) is 10.0. The van der Waals surface area contributed by atoms with Gasteiger partial charge in [-0.2, -0.15) is 5.10 Å². The van der Waals surface area contributed by atoms with Crippen molar-refractivity contribution in [3.63, 3.8) is 0 Å². The number of nitrogens with one attached hydrogen (secondary N) is 2. The summed E-state index contributed by atoms with van der Waals surface area (Å²) < 4.78 is 2.06. The molecule has 0 aromatic carbocycles. The Morgan fingerprint density at radius 2 is 2.38 bits per heavy atom. The minimum Gasteiger partial charge on any atom is -0.370 e. The third-order valence-electron chi connectivity index (χ3n) is 3.08. The lowest BCUT2D eigenvalue weighted by atomic mass is 9.94. The van der Waals surface area contributed by atoms with Crippen molar-refractivity contribution in [3.8, 4) is 0 Å². The zero-order valence-corrected chi connectivity index (χ0v) is 10.0. The fourth-order valence-electron chi connectivity index (χ4n) is 1.59. The Morgan fingerprint density at radius 1 is 1.62 bits per heavy atom. The summed E-state index contributed by atoms with van der Waals surface area (Å²) >= 11 is 0. The summed E-state index contributed by atoms with van der Waals surface area (Å²) in [5.41, 5.74) is 5.83. The number of anilines is 1. The second kappa shape index (κ2) is 4.43. The van der Waals surface area contributed by atoms with Gasteiger partial charge in [-0.1, -0.05) is 13.8 Å². The largest absolute Gasteiger partial charge is 0.370 e. The Labute approximate surface area is 96.4 Å². The van der Waals surface area contributed by atoms with Crippen molar-refractivity contribution in [2.75, 3.05) is 31.5 Å². The predicted octanol–water partition coefficient (Wildman–Crippen LogP) is 0.424. The van der Waals surface area contributed by atoms with Crippen LogP contribution in [-0.2, 0) is 0 Å².